The van der Waals surface area contributed by atoms with Crippen molar-refractivity contribution in [2.24, 2.45) is 7.05 Å². The van der Waals surface area contributed by atoms with Crippen LogP contribution in [-0.2, 0) is 7.05 Å². The van der Waals surface area contributed by atoms with Gasteiger partial charge in [-0.3, -0.25) is 5.41 Å². The van der Waals surface area contributed by atoms with Crippen molar-refractivity contribution in [3.63, 3.8) is 0 Å². The Balaban J connectivity index is 3.07. The number of hydrogen-bond donors (Lipinski definition) is 2. The van der Waals surface area contributed by atoms with E-state index >= 15 is 0 Å². The fraction of sp³-hybridized carbons (Fsp3) is 0.167. The van der Waals surface area contributed by atoms with Gasteiger partial charge >= 0.3 is 5.97 Å². The number of pyridine rings is 1. The average Bonchev–Trinajstić information content (AvgIpc) is 2.26. The van der Waals surface area contributed by atoms with Crippen molar-refractivity contribution in [3.05, 3.63) is 40.9 Å². The van der Waals surface area contributed by atoms with Crippen molar-refractivity contribution >= 4 is 16.9 Å². The number of aromatic carboxylic acids is 1. The van der Waals surface area contributed by atoms with Gasteiger partial charge in [-0.05, 0) is 13.0 Å². The molecule has 0 unspecified atom stereocenters. The molecule has 4 nitrogen and oxygen atoms in total. The van der Waals surface area contributed by atoms with Crippen LogP contribution in [0.3, 0.4) is 0 Å². The quantitative estimate of drug-likeness (QED) is 0.761. The molecule has 2 aromatic rings. The van der Waals surface area contributed by atoms with Gasteiger partial charge in [-0.2, -0.15) is 0 Å². The summed E-state index contributed by atoms with van der Waals surface area (Å²) < 4.78 is 1.80. The van der Waals surface area contributed by atoms with Crippen LogP contribution in [0.25, 0.3) is 10.9 Å². The highest BCUT2D eigenvalue weighted by molar-refractivity contribution is 5.93. The number of fused-ring (bicyclic) bond motifs is 1. The van der Waals surface area contributed by atoms with Crippen molar-refractivity contribution in [2.75, 3.05) is 0 Å². The van der Waals surface area contributed by atoms with E-state index in [0.29, 0.717) is 11.1 Å². The molecular formula is C12H12N2O2. The minimum Gasteiger partial charge on any atom is -0.478 e. The molecule has 0 saturated heterocycles. The van der Waals surface area contributed by atoms with E-state index in [2.05, 4.69) is 0 Å². The maximum absolute atomic E-state index is 11.1. The van der Waals surface area contributed by atoms with E-state index < -0.39 is 5.97 Å². The predicted molar refractivity (Wildman–Crippen MR) is 60.5 cm³/mol. The van der Waals surface area contributed by atoms with E-state index in [-0.39, 0.29) is 10.9 Å². The van der Waals surface area contributed by atoms with Gasteiger partial charge in [-0.15, -0.1) is 0 Å². The molecule has 0 spiro atoms. The molecule has 2 N–H and O–H groups in total. The smallest absolute Gasteiger partial charge is 0.339 e. The molecule has 0 aliphatic heterocycles. The first-order chi connectivity index (χ1) is 7.54. The van der Waals surface area contributed by atoms with Gasteiger partial charge in [0.15, 0.2) is 0 Å². The number of aromatic nitrogens is 1. The number of benzene rings is 1. The zero-order valence-electron chi connectivity index (χ0n) is 9.11. The van der Waals surface area contributed by atoms with Crippen LogP contribution in [0.4, 0.5) is 0 Å². The maximum atomic E-state index is 11.1. The third kappa shape index (κ3) is 1.31. The third-order valence-corrected chi connectivity index (χ3v) is 2.86. The SMILES string of the molecule is Cc1c(C(=O)O)c(=N)c2ccccc2n1C. The Morgan fingerprint density at radius 3 is 2.62 bits per heavy atom. The van der Waals surface area contributed by atoms with E-state index in [1.807, 2.05) is 19.2 Å². The van der Waals surface area contributed by atoms with Crippen molar-refractivity contribution in [1.82, 2.24) is 4.57 Å². The van der Waals surface area contributed by atoms with Gasteiger partial charge in [-0.25, -0.2) is 4.79 Å². The second-order valence-corrected chi connectivity index (χ2v) is 3.72. The lowest BCUT2D eigenvalue weighted by atomic mass is 10.1. The molecule has 4 heteroatoms. The maximum Gasteiger partial charge on any atom is 0.339 e. The van der Waals surface area contributed by atoms with Crippen LogP contribution < -0.4 is 5.36 Å². The number of hydrogen-bond acceptors (Lipinski definition) is 2. The van der Waals surface area contributed by atoms with E-state index in [1.54, 1.807) is 23.6 Å². The number of rotatable bonds is 1. The fourth-order valence-electron chi connectivity index (χ4n) is 1.90. The lowest BCUT2D eigenvalue weighted by molar-refractivity contribution is 0.0693. The summed E-state index contributed by atoms with van der Waals surface area (Å²) in [7, 11) is 1.81. The Hall–Kier alpha value is -2.10. The summed E-state index contributed by atoms with van der Waals surface area (Å²) in [6.45, 7) is 1.72. The average molecular weight is 216 g/mol. The topological polar surface area (TPSA) is 66.1 Å². The van der Waals surface area contributed by atoms with Crippen LogP contribution in [-0.4, -0.2) is 15.6 Å². The summed E-state index contributed by atoms with van der Waals surface area (Å²) in [5.41, 5.74) is 1.53. The highest BCUT2D eigenvalue weighted by Crippen LogP contribution is 2.13. The summed E-state index contributed by atoms with van der Waals surface area (Å²) in [4.78, 5) is 11.1. The molecule has 2 rings (SSSR count). The first-order valence-corrected chi connectivity index (χ1v) is 4.90. The highest BCUT2D eigenvalue weighted by Gasteiger charge is 2.14. The van der Waals surface area contributed by atoms with Crippen molar-refractivity contribution in [3.8, 4) is 0 Å². The number of para-hydroxylation sites is 1. The Kier molecular flexibility index (Phi) is 2.27. The van der Waals surface area contributed by atoms with Gasteiger partial charge in [0.05, 0.1) is 10.9 Å². The Morgan fingerprint density at radius 2 is 2.00 bits per heavy atom. The number of nitrogens with one attached hydrogen (secondary N) is 1. The number of nitrogens with zero attached hydrogens (tertiary/aromatic N) is 1. The molecule has 0 amide bonds. The Morgan fingerprint density at radius 1 is 1.38 bits per heavy atom. The van der Waals surface area contributed by atoms with Gasteiger partial charge in [0.2, 0.25) is 0 Å². The molecule has 0 fully saturated rings. The predicted octanol–water partition coefficient (Wildman–Crippen LogP) is 1.66. The third-order valence-electron chi connectivity index (χ3n) is 2.86. The lowest BCUT2D eigenvalue weighted by Crippen LogP contribution is -2.21. The van der Waals surface area contributed by atoms with E-state index in [1.165, 1.54) is 0 Å². The molecule has 16 heavy (non-hydrogen) atoms. The summed E-state index contributed by atoms with van der Waals surface area (Å²) in [5, 5.41) is 17.8. The summed E-state index contributed by atoms with van der Waals surface area (Å²) >= 11 is 0. The monoisotopic (exact) mass is 216 g/mol. The minimum atomic E-state index is -1.05. The van der Waals surface area contributed by atoms with Gasteiger partial charge in [0, 0.05) is 18.1 Å². The van der Waals surface area contributed by atoms with Crippen molar-refractivity contribution in [1.29, 1.82) is 5.41 Å². The first-order valence-electron chi connectivity index (χ1n) is 4.90. The number of aryl methyl sites for hydroxylation is 1. The zero-order valence-corrected chi connectivity index (χ0v) is 9.11. The lowest BCUT2D eigenvalue weighted by Gasteiger charge is -2.12. The van der Waals surface area contributed by atoms with Gasteiger partial charge in [0.1, 0.15) is 5.56 Å². The molecule has 82 valence electrons. The van der Waals surface area contributed by atoms with Crippen LogP contribution in [0.1, 0.15) is 16.1 Å². The van der Waals surface area contributed by atoms with Gasteiger partial charge in [-0.1, -0.05) is 18.2 Å². The van der Waals surface area contributed by atoms with Gasteiger partial charge in [0.25, 0.3) is 0 Å². The Labute approximate surface area is 92.3 Å². The molecule has 0 atom stereocenters. The fourth-order valence-corrected chi connectivity index (χ4v) is 1.90. The summed E-state index contributed by atoms with van der Waals surface area (Å²) in [6, 6.07) is 7.33. The molecule has 1 aromatic heterocycles. The second kappa shape index (κ2) is 3.48. The molecule has 0 aliphatic carbocycles. The van der Waals surface area contributed by atoms with Crippen molar-refractivity contribution < 1.29 is 9.90 Å². The molecule has 0 aliphatic rings. The zero-order chi connectivity index (χ0) is 11.9. The standard InChI is InChI=1S/C12H12N2O2/c1-7-10(12(15)16)11(13)8-5-3-4-6-9(8)14(7)2/h3-6,13H,1-2H3,(H,15,16). The molecule has 1 heterocycles. The molecule has 0 saturated carbocycles. The highest BCUT2D eigenvalue weighted by atomic mass is 16.4. The molecular weight excluding hydrogens is 204 g/mol. The number of carboxylic acids is 1. The van der Waals surface area contributed by atoms with E-state index in [0.717, 1.165) is 5.52 Å². The second-order valence-electron chi connectivity index (χ2n) is 3.72. The van der Waals surface area contributed by atoms with Crippen LogP contribution in [0.15, 0.2) is 24.3 Å². The summed E-state index contributed by atoms with van der Waals surface area (Å²) in [5.74, 6) is -1.05. The minimum absolute atomic E-state index is 0.0706. The van der Waals surface area contributed by atoms with Gasteiger partial charge < -0.3 is 9.67 Å². The molecule has 1 aromatic carbocycles. The van der Waals surface area contributed by atoms with Crippen molar-refractivity contribution in [2.45, 2.75) is 6.92 Å². The summed E-state index contributed by atoms with van der Waals surface area (Å²) in [6.07, 6.45) is 0. The van der Waals surface area contributed by atoms with Crippen LogP contribution >= 0.6 is 0 Å². The normalized spacial score (nSPS) is 10.6. The Bertz CT molecular complexity index is 641. The number of carboxylic acid groups (broad SMARTS) is 1. The van der Waals surface area contributed by atoms with Crippen LogP contribution in [0.5, 0.6) is 0 Å². The molecule has 0 radical (unpaired) electrons. The van der Waals surface area contributed by atoms with Crippen LogP contribution in [0, 0.1) is 12.3 Å². The first kappa shape index (κ1) is 10.4. The largest absolute Gasteiger partial charge is 0.478 e. The van der Waals surface area contributed by atoms with E-state index in [4.69, 9.17) is 10.5 Å². The van der Waals surface area contributed by atoms with Crippen LogP contribution in [0.2, 0.25) is 0 Å². The number of carbonyl (C=O) groups is 1. The molecule has 0 bridgehead atoms. The van der Waals surface area contributed by atoms with E-state index in [9.17, 15) is 4.79 Å².